The molecule has 0 unspecified atom stereocenters. The number of aromatic nitrogens is 3. The monoisotopic (exact) mass is 330 g/mol. The van der Waals surface area contributed by atoms with Crippen LogP contribution in [0.15, 0.2) is 35.5 Å². The fraction of sp³-hybridized carbons (Fsp3) is 0.471. The first kappa shape index (κ1) is 16.1. The summed E-state index contributed by atoms with van der Waals surface area (Å²) in [4.78, 5) is 12.3. The van der Waals surface area contributed by atoms with E-state index in [2.05, 4.69) is 15.5 Å². The molecule has 1 aliphatic rings. The summed E-state index contributed by atoms with van der Waals surface area (Å²) in [5.41, 5.74) is 1.03. The number of amides is 1. The van der Waals surface area contributed by atoms with Crippen molar-refractivity contribution in [2.45, 2.75) is 49.1 Å². The lowest BCUT2D eigenvalue weighted by Crippen LogP contribution is -2.37. The van der Waals surface area contributed by atoms with Gasteiger partial charge in [-0.25, -0.2) is 0 Å². The predicted octanol–water partition coefficient (Wildman–Crippen LogP) is 3.02. The van der Waals surface area contributed by atoms with Gasteiger partial charge in [0.1, 0.15) is 0 Å². The predicted molar refractivity (Wildman–Crippen MR) is 92.2 cm³/mol. The third-order valence-corrected chi connectivity index (χ3v) is 5.35. The van der Waals surface area contributed by atoms with Crippen LogP contribution in [0.25, 0.3) is 11.4 Å². The summed E-state index contributed by atoms with van der Waals surface area (Å²) in [7, 11) is 1.94. The van der Waals surface area contributed by atoms with E-state index in [1.807, 2.05) is 48.9 Å². The summed E-state index contributed by atoms with van der Waals surface area (Å²) in [6.45, 7) is 1.92. The Labute approximate surface area is 140 Å². The van der Waals surface area contributed by atoms with Gasteiger partial charge in [0.2, 0.25) is 5.91 Å². The van der Waals surface area contributed by atoms with Crippen LogP contribution in [0, 0.1) is 0 Å². The van der Waals surface area contributed by atoms with E-state index in [1.54, 1.807) is 0 Å². The van der Waals surface area contributed by atoms with Gasteiger partial charge in [-0.05, 0) is 19.8 Å². The molecule has 0 bridgehead atoms. The number of rotatable bonds is 5. The van der Waals surface area contributed by atoms with Crippen molar-refractivity contribution in [3.8, 4) is 11.4 Å². The average Bonchev–Trinajstić information content (AvgIpc) is 3.19. The molecule has 1 amide bonds. The lowest BCUT2D eigenvalue weighted by atomic mass is 10.2. The number of nitrogens with one attached hydrogen (secondary N) is 1. The number of carbonyl (C=O) groups is 1. The third-order valence-electron chi connectivity index (χ3n) is 4.22. The van der Waals surface area contributed by atoms with Crippen LogP contribution in [-0.2, 0) is 11.8 Å². The summed E-state index contributed by atoms with van der Waals surface area (Å²) in [6.07, 6.45) is 4.64. The molecule has 0 aliphatic heterocycles. The standard InChI is InChI=1S/C17H22N4OS/c1-12(16(22)18-14-10-6-7-11-14)23-17-20-19-15(21(17)2)13-8-4-3-5-9-13/h3-5,8-9,12,14H,6-7,10-11H2,1-2H3,(H,18,22)/t12-/m1/s1. The topological polar surface area (TPSA) is 59.8 Å². The van der Waals surface area contributed by atoms with Gasteiger partial charge in [-0.3, -0.25) is 4.79 Å². The lowest BCUT2D eigenvalue weighted by molar-refractivity contribution is -0.120. The zero-order chi connectivity index (χ0) is 16.2. The smallest absolute Gasteiger partial charge is 0.233 e. The molecule has 0 radical (unpaired) electrons. The highest BCUT2D eigenvalue weighted by atomic mass is 32.2. The molecule has 5 nitrogen and oxygen atoms in total. The Morgan fingerprint density at radius 1 is 1.26 bits per heavy atom. The van der Waals surface area contributed by atoms with Crippen molar-refractivity contribution in [3.05, 3.63) is 30.3 Å². The minimum absolute atomic E-state index is 0.0890. The lowest BCUT2D eigenvalue weighted by Gasteiger charge is -2.16. The van der Waals surface area contributed by atoms with Gasteiger partial charge < -0.3 is 9.88 Å². The highest BCUT2D eigenvalue weighted by molar-refractivity contribution is 8.00. The van der Waals surface area contributed by atoms with Gasteiger partial charge in [0, 0.05) is 18.7 Å². The van der Waals surface area contributed by atoms with Gasteiger partial charge in [0.15, 0.2) is 11.0 Å². The number of hydrogen-bond donors (Lipinski definition) is 1. The average molecular weight is 330 g/mol. The fourth-order valence-corrected chi connectivity index (χ4v) is 3.68. The van der Waals surface area contributed by atoms with Gasteiger partial charge in [-0.15, -0.1) is 10.2 Å². The molecule has 6 heteroatoms. The van der Waals surface area contributed by atoms with Gasteiger partial charge in [-0.1, -0.05) is 54.9 Å². The maximum Gasteiger partial charge on any atom is 0.233 e. The summed E-state index contributed by atoms with van der Waals surface area (Å²) in [5, 5.41) is 12.2. The van der Waals surface area contributed by atoms with Crippen LogP contribution in [0.2, 0.25) is 0 Å². The van der Waals surface area contributed by atoms with E-state index in [-0.39, 0.29) is 11.2 Å². The second-order valence-corrected chi connectivity index (χ2v) is 7.29. The van der Waals surface area contributed by atoms with Crippen LogP contribution >= 0.6 is 11.8 Å². The van der Waals surface area contributed by atoms with Gasteiger partial charge in [-0.2, -0.15) is 0 Å². The molecule has 1 aliphatic carbocycles. The summed E-state index contributed by atoms with van der Waals surface area (Å²) in [5.74, 6) is 0.905. The molecule has 1 saturated carbocycles. The summed E-state index contributed by atoms with van der Waals surface area (Å²) < 4.78 is 1.94. The molecule has 122 valence electrons. The first-order valence-corrected chi connectivity index (χ1v) is 8.95. The number of thioether (sulfide) groups is 1. The van der Waals surface area contributed by atoms with E-state index in [0.29, 0.717) is 6.04 Å². The Balaban J connectivity index is 1.66. The van der Waals surface area contributed by atoms with Crippen molar-refractivity contribution < 1.29 is 4.79 Å². The van der Waals surface area contributed by atoms with Crippen LogP contribution in [0.5, 0.6) is 0 Å². The molecule has 1 N–H and O–H groups in total. The van der Waals surface area contributed by atoms with E-state index < -0.39 is 0 Å². The van der Waals surface area contributed by atoms with Crippen LogP contribution in [0.3, 0.4) is 0 Å². The SMILES string of the molecule is C[C@@H](Sc1nnc(-c2ccccc2)n1C)C(=O)NC1CCCC1. The van der Waals surface area contributed by atoms with Crippen LogP contribution in [-0.4, -0.2) is 32.0 Å². The molecule has 1 heterocycles. The molecule has 0 spiro atoms. The number of carbonyl (C=O) groups excluding carboxylic acids is 1. The molecule has 1 aromatic carbocycles. The van der Waals surface area contributed by atoms with E-state index in [1.165, 1.54) is 24.6 Å². The van der Waals surface area contributed by atoms with Gasteiger partial charge >= 0.3 is 0 Å². The highest BCUT2D eigenvalue weighted by Gasteiger charge is 2.23. The first-order chi connectivity index (χ1) is 11.1. The minimum Gasteiger partial charge on any atom is -0.352 e. The van der Waals surface area contributed by atoms with Crippen LogP contribution in [0.4, 0.5) is 0 Å². The fourth-order valence-electron chi connectivity index (χ4n) is 2.86. The van der Waals surface area contributed by atoms with E-state index in [9.17, 15) is 4.79 Å². The zero-order valence-electron chi connectivity index (χ0n) is 13.5. The van der Waals surface area contributed by atoms with E-state index in [0.717, 1.165) is 29.4 Å². The minimum atomic E-state index is -0.179. The Morgan fingerprint density at radius 3 is 2.65 bits per heavy atom. The number of benzene rings is 1. The molecule has 3 rings (SSSR count). The maximum atomic E-state index is 12.3. The quantitative estimate of drug-likeness (QED) is 0.856. The summed E-state index contributed by atoms with van der Waals surface area (Å²) >= 11 is 1.45. The van der Waals surface area contributed by atoms with Crippen molar-refractivity contribution in [2.24, 2.45) is 7.05 Å². The van der Waals surface area contributed by atoms with Crippen LogP contribution in [0.1, 0.15) is 32.6 Å². The molecule has 1 fully saturated rings. The second-order valence-electron chi connectivity index (χ2n) is 5.98. The molecule has 2 aromatic rings. The van der Waals surface area contributed by atoms with Crippen molar-refractivity contribution in [1.82, 2.24) is 20.1 Å². The zero-order valence-corrected chi connectivity index (χ0v) is 14.3. The second kappa shape index (κ2) is 7.17. The molecular formula is C17H22N4OS. The van der Waals surface area contributed by atoms with Crippen molar-refractivity contribution in [3.63, 3.8) is 0 Å². The van der Waals surface area contributed by atoms with Crippen LogP contribution < -0.4 is 5.32 Å². The molecule has 0 saturated heterocycles. The largest absolute Gasteiger partial charge is 0.352 e. The number of hydrogen-bond acceptors (Lipinski definition) is 4. The normalized spacial score (nSPS) is 16.4. The van der Waals surface area contributed by atoms with Gasteiger partial charge in [0.25, 0.3) is 0 Å². The Bertz CT molecular complexity index is 664. The molecule has 1 atom stereocenters. The highest BCUT2D eigenvalue weighted by Crippen LogP contribution is 2.26. The van der Waals surface area contributed by atoms with Crippen molar-refractivity contribution in [1.29, 1.82) is 0 Å². The molecule has 23 heavy (non-hydrogen) atoms. The maximum absolute atomic E-state index is 12.3. The van der Waals surface area contributed by atoms with Gasteiger partial charge in [0.05, 0.1) is 5.25 Å². The van der Waals surface area contributed by atoms with Crippen molar-refractivity contribution in [2.75, 3.05) is 0 Å². The van der Waals surface area contributed by atoms with E-state index >= 15 is 0 Å². The Kier molecular flexibility index (Phi) is 5.00. The third kappa shape index (κ3) is 3.75. The van der Waals surface area contributed by atoms with Crippen molar-refractivity contribution >= 4 is 17.7 Å². The number of nitrogens with zero attached hydrogens (tertiary/aromatic N) is 3. The Morgan fingerprint density at radius 2 is 1.96 bits per heavy atom. The first-order valence-electron chi connectivity index (χ1n) is 8.07. The van der Waals surface area contributed by atoms with E-state index in [4.69, 9.17) is 0 Å². The summed E-state index contributed by atoms with van der Waals surface area (Å²) in [6, 6.07) is 10.3. The Hall–Kier alpha value is -1.82. The molecular weight excluding hydrogens is 308 g/mol. The molecule has 1 aromatic heterocycles.